The number of aliphatic hydroxyl groups is 1. The molecule has 16 heavy (non-hydrogen) atoms. The third-order valence-electron chi connectivity index (χ3n) is 2.02. The van der Waals surface area contributed by atoms with Gasteiger partial charge in [0.1, 0.15) is 0 Å². The maximum atomic E-state index is 11.4. The molecule has 0 radical (unpaired) electrons. The van der Waals surface area contributed by atoms with Crippen molar-refractivity contribution in [3.63, 3.8) is 0 Å². The quantitative estimate of drug-likeness (QED) is 0.462. The summed E-state index contributed by atoms with van der Waals surface area (Å²) in [6.45, 7) is 1.30. The average Bonchev–Trinajstić information content (AvgIpc) is 2.20. The predicted octanol–water partition coefficient (Wildman–Crippen LogP) is -0.983. The van der Waals surface area contributed by atoms with Gasteiger partial charge in [0.15, 0.2) is 6.04 Å². The molecule has 0 aliphatic heterocycles. The van der Waals surface area contributed by atoms with Gasteiger partial charge in [0.25, 0.3) is 0 Å². The lowest BCUT2D eigenvalue weighted by atomic mass is 10.1. The molecule has 1 amide bonds. The van der Waals surface area contributed by atoms with Gasteiger partial charge in [0, 0.05) is 0 Å². The van der Waals surface area contributed by atoms with Crippen LogP contribution in [-0.2, 0) is 9.59 Å². The van der Waals surface area contributed by atoms with Crippen molar-refractivity contribution in [2.45, 2.75) is 31.5 Å². The molecule has 7 heteroatoms. The minimum absolute atomic E-state index is 0.471. The molecule has 6 nitrogen and oxygen atoms in total. The number of hydrogen-bond donors (Lipinski definition) is 4. The van der Waals surface area contributed by atoms with E-state index < -0.39 is 30.1 Å². The minimum atomic E-state index is -1.31. The highest BCUT2D eigenvalue weighted by Gasteiger charge is 2.26. The van der Waals surface area contributed by atoms with Crippen LogP contribution in [0.3, 0.4) is 0 Å². The van der Waals surface area contributed by atoms with E-state index in [1.54, 1.807) is 11.8 Å². The molecule has 3 atom stereocenters. The monoisotopic (exact) mass is 250 g/mol. The van der Waals surface area contributed by atoms with E-state index in [1.165, 1.54) is 6.92 Å². The van der Waals surface area contributed by atoms with Crippen molar-refractivity contribution in [2.75, 3.05) is 12.0 Å². The summed E-state index contributed by atoms with van der Waals surface area (Å²) in [6, 6.07) is -2.05. The number of carbonyl (C=O) groups is 2. The van der Waals surface area contributed by atoms with E-state index in [2.05, 4.69) is 5.32 Å². The van der Waals surface area contributed by atoms with Gasteiger partial charge in [0.2, 0.25) is 5.91 Å². The number of carboxylic acid groups (broad SMARTS) is 1. The zero-order valence-corrected chi connectivity index (χ0v) is 10.2. The van der Waals surface area contributed by atoms with Gasteiger partial charge < -0.3 is 21.3 Å². The van der Waals surface area contributed by atoms with Crippen LogP contribution in [0.15, 0.2) is 0 Å². The first-order valence-corrected chi connectivity index (χ1v) is 6.25. The van der Waals surface area contributed by atoms with Crippen LogP contribution in [0.1, 0.15) is 13.3 Å². The van der Waals surface area contributed by atoms with Gasteiger partial charge in [-0.1, -0.05) is 0 Å². The van der Waals surface area contributed by atoms with Crippen molar-refractivity contribution in [1.29, 1.82) is 0 Å². The maximum absolute atomic E-state index is 11.4. The zero-order chi connectivity index (χ0) is 12.7. The Morgan fingerprint density at radius 1 is 1.50 bits per heavy atom. The van der Waals surface area contributed by atoms with Gasteiger partial charge in [-0.2, -0.15) is 11.8 Å². The van der Waals surface area contributed by atoms with E-state index >= 15 is 0 Å². The second-order valence-electron chi connectivity index (χ2n) is 3.45. The summed E-state index contributed by atoms with van der Waals surface area (Å²) in [7, 11) is 0. The number of rotatable bonds is 7. The van der Waals surface area contributed by atoms with E-state index in [0.717, 1.165) is 5.75 Å². The summed E-state index contributed by atoms with van der Waals surface area (Å²) in [5, 5.41) is 20.1. The van der Waals surface area contributed by atoms with Gasteiger partial charge in [-0.15, -0.1) is 0 Å². The molecule has 0 aromatic rings. The molecule has 2 unspecified atom stereocenters. The lowest BCUT2D eigenvalue weighted by Crippen LogP contribution is -2.52. The highest BCUT2D eigenvalue weighted by atomic mass is 32.2. The van der Waals surface area contributed by atoms with Crippen LogP contribution in [-0.4, -0.2) is 52.3 Å². The number of carbonyl (C=O) groups excluding carboxylic acids is 1. The lowest BCUT2D eigenvalue weighted by molar-refractivity contribution is -0.145. The first-order chi connectivity index (χ1) is 7.40. The molecule has 0 aromatic heterocycles. The predicted molar refractivity (Wildman–Crippen MR) is 62.2 cm³/mol. The highest BCUT2D eigenvalue weighted by Crippen LogP contribution is 2.00. The number of aliphatic carboxylic acids is 1. The topological polar surface area (TPSA) is 113 Å². The van der Waals surface area contributed by atoms with E-state index in [4.69, 9.17) is 15.9 Å². The fourth-order valence-electron chi connectivity index (χ4n) is 1.02. The smallest absolute Gasteiger partial charge is 0.328 e. The Labute approximate surface area is 98.6 Å². The van der Waals surface area contributed by atoms with Crippen molar-refractivity contribution < 1.29 is 19.8 Å². The minimum Gasteiger partial charge on any atom is -0.480 e. The van der Waals surface area contributed by atoms with E-state index in [0.29, 0.717) is 6.42 Å². The summed E-state index contributed by atoms with van der Waals surface area (Å²) in [6.07, 6.45) is 1.20. The fourth-order valence-corrected chi connectivity index (χ4v) is 1.51. The Bertz CT molecular complexity index is 248. The van der Waals surface area contributed by atoms with Crippen LogP contribution in [0, 0.1) is 0 Å². The Morgan fingerprint density at radius 3 is 2.44 bits per heavy atom. The molecule has 0 aliphatic carbocycles. The number of thioether (sulfide) groups is 1. The van der Waals surface area contributed by atoms with Crippen molar-refractivity contribution >= 4 is 23.6 Å². The lowest BCUT2D eigenvalue weighted by Gasteiger charge is -2.19. The molecule has 0 heterocycles. The Kier molecular flexibility index (Phi) is 7.11. The highest BCUT2D eigenvalue weighted by molar-refractivity contribution is 7.98. The number of amides is 1. The Balaban J connectivity index is 4.24. The first kappa shape index (κ1) is 15.2. The molecule has 0 saturated carbocycles. The second-order valence-corrected chi connectivity index (χ2v) is 4.44. The summed E-state index contributed by atoms with van der Waals surface area (Å²) in [5.41, 5.74) is 5.55. The summed E-state index contributed by atoms with van der Waals surface area (Å²) >= 11 is 1.55. The molecule has 94 valence electrons. The standard InChI is InChI=1S/C9H18N2O4S/c1-5(12)7(9(14)15)11-8(13)6(10)3-4-16-2/h5-7,12H,3-4,10H2,1-2H3,(H,11,13)(H,14,15)/t5?,6-,7?/m0/s1. The summed E-state index contributed by atoms with van der Waals surface area (Å²) < 4.78 is 0. The van der Waals surface area contributed by atoms with Gasteiger partial charge >= 0.3 is 5.97 Å². The molecular weight excluding hydrogens is 232 g/mol. The molecule has 0 aliphatic rings. The van der Waals surface area contributed by atoms with Crippen LogP contribution in [0.4, 0.5) is 0 Å². The van der Waals surface area contributed by atoms with Crippen molar-refractivity contribution in [3.8, 4) is 0 Å². The van der Waals surface area contributed by atoms with Gasteiger partial charge in [-0.3, -0.25) is 4.79 Å². The van der Waals surface area contributed by atoms with E-state index in [-0.39, 0.29) is 0 Å². The maximum Gasteiger partial charge on any atom is 0.328 e. The second kappa shape index (κ2) is 7.48. The fraction of sp³-hybridized carbons (Fsp3) is 0.778. The SMILES string of the molecule is CSCC[C@H](N)C(=O)NC(C(=O)O)C(C)O. The van der Waals surface area contributed by atoms with E-state index in [1.807, 2.05) is 6.26 Å². The van der Waals surface area contributed by atoms with Gasteiger partial charge in [-0.25, -0.2) is 4.79 Å². The van der Waals surface area contributed by atoms with Gasteiger partial charge in [0.05, 0.1) is 12.1 Å². The van der Waals surface area contributed by atoms with Gasteiger partial charge in [-0.05, 0) is 25.4 Å². The van der Waals surface area contributed by atoms with E-state index in [9.17, 15) is 9.59 Å². The number of nitrogens with two attached hydrogens (primary N) is 1. The Morgan fingerprint density at radius 2 is 2.06 bits per heavy atom. The zero-order valence-electron chi connectivity index (χ0n) is 9.34. The molecule has 0 bridgehead atoms. The molecule has 0 aromatic carbocycles. The molecule has 0 fully saturated rings. The third-order valence-corrected chi connectivity index (χ3v) is 2.66. The molecule has 0 rings (SSSR count). The number of nitrogens with one attached hydrogen (secondary N) is 1. The molecule has 5 N–H and O–H groups in total. The molecular formula is C9H18N2O4S. The number of carboxylic acids is 1. The summed E-state index contributed by atoms with van der Waals surface area (Å²) in [5.74, 6) is -1.11. The number of aliphatic hydroxyl groups excluding tert-OH is 1. The van der Waals surface area contributed by atoms with Crippen molar-refractivity contribution in [2.24, 2.45) is 5.73 Å². The van der Waals surface area contributed by atoms with Crippen LogP contribution in [0.25, 0.3) is 0 Å². The summed E-state index contributed by atoms with van der Waals surface area (Å²) in [4.78, 5) is 22.1. The Hall–Kier alpha value is -0.790. The first-order valence-electron chi connectivity index (χ1n) is 4.86. The van der Waals surface area contributed by atoms with Crippen molar-refractivity contribution in [3.05, 3.63) is 0 Å². The van der Waals surface area contributed by atoms with Crippen LogP contribution in [0.2, 0.25) is 0 Å². The van der Waals surface area contributed by atoms with Crippen LogP contribution < -0.4 is 11.1 Å². The normalized spacial score (nSPS) is 16.2. The number of hydrogen-bond acceptors (Lipinski definition) is 5. The molecule has 0 saturated heterocycles. The van der Waals surface area contributed by atoms with Crippen LogP contribution in [0.5, 0.6) is 0 Å². The average molecular weight is 250 g/mol. The van der Waals surface area contributed by atoms with Crippen LogP contribution >= 0.6 is 11.8 Å². The van der Waals surface area contributed by atoms with Crippen molar-refractivity contribution in [1.82, 2.24) is 5.32 Å². The third kappa shape index (κ3) is 5.34. The largest absolute Gasteiger partial charge is 0.480 e. The molecule has 0 spiro atoms.